The summed E-state index contributed by atoms with van der Waals surface area (Å²) < 4.78 is 0. The van der Waals surface area contributed by atoms with Gasteiger partial charge in [-0.3, -0.25) is 0 Å². The number of carbonyl (C=O) groups is 2. The minimum atomic E-state index is -1.82. The number of hydrogen-bond donors (Lipinski definition) is 3. The molecule has 0 fully saturated rings. The lowest BCUT2D eigenvalue weighted by molar-refractivity contribution is -0.159. The van der Waals surface area contributed by atoms with Crippen molar-refractivity contribution in [1.82, 2.24) is 4.90 Å². The molecule has 0 spiro atoms. The summed E-state index contributed by atoms with van der Waals surface area (Å²) in [4.78, 5) is 20.6. The van der Waals surface area contributed by atoms with Crippen molar-refractivity contribution in [3.05, 3.63) is 108 Å². The number of aliphatic hydroxyl groups is 1. The molecule has 3 N–H and O–H groups in total. The third kappa shape index (κ3) is 7.54. The van der Waals surface area contributed by atoms with Crippen LogP contribution >= 0.6 is 0 Å². The van der Waals surface area contributed by atoms with Crippen LogP contribution in [0.15, 0.2) is 91.0 Å². The molecule has 0 aromatic heterocycles. The third-order valence-corrected chi connectivity index (χ3v) is 5.86. The summed E-state index contributed by atoms with van der Waals surface area (Å²) in [6, 6.07) is 30.7. The van der Waals surface area contributed by atoms with Crippen molar-refractivity contribution in [3.8, 4) is 0 Å². The van der Waals surface area contributed by atoms with E-state index in [4.69, 9.17) is 19.8 Å². The average Bonchev–Trinajstić information content (AvgIpc) is 2.87. The predicted octanol–water partition coefficient (Wildman–Crippen LogP) is 4.28. The SMILES string of the molecule is CCN(CCc1ccccc1)CC(C)C(O)(c1ccccc1)c1ccccc1.O=C(O)C(=O)O. The third-order valence-electron chi connectivity index (χ3n) is 5.86. The van der Waals surface area contributed by atoms with Gasteiger partial charge in [0.15, 0.2) is 0 Å². The molecule has 6 heteroatoms. The predicted molar refractivity (Wildman–Crippen MR) is 133 cm³/mol. The van der Waals surface area contributed by atoms with Crippen LogP contribution in [0, 0.1) is 5.92 Å². The second-order valence-corrected chi connectivity index (χ2v) is 8.14. The van der Waals surface area contributed by atoms with E-state index < -0.39 is 17.5 Å². The Morgan fingerprint density at radius 1 is 0.794 bits per heavy atom. The smallest absolute Gasteiger partial charge is 0.414 e. The zero-order valence-corrected chi connectivity index (χ0v) is 19.7. The molecule has 0 heterocycles. The van der Waals surface area contributed by atoms with Crippen LogP contribution in [0.2, 0.25) is 0 Å². The summed E-state index contributed by atoms with van der Waals surface area (Å²) in [6.45, 7) is 7.15. The van der Waals surface area contributed by atoms with Crippen LogP contribution in [0.1, 0.15) is 30.5 Å². The molecule has 0 aliphatic rings. The van der Waals surface area contributed by atoms with Crippen LogP contribution in [-0.4, -0.2) is 51.8 Å². The van der Waals surface area contributed by atoms with Crippen molar-refractivity contribution in [2.75, 3.05) is 19.6 Å². The second kappa shape index (κ2) is 13.3. The lowest BCUT2D eigenvalue weighted by Gasteiger charge is -2.38. The van der Waals surface area contributed by atoms with Crippen LogP contribution in [0.5, 0.6) is 0 Å². The Kier molecular flexibility index (Phi) is 10.5. The van der Waals surface area contributed by atoms with E-state index in [2.05, 4.69) is 49.1 Å². The number of aliphatic carboxylic acids is 2. The molecule has 0 bridgehead atoms. The zero-order chi connectivity index (χ0) is 25.0. The normalized spacial score (nSPS) is 11.9. The highest BCUT2D eigenvalue weighted by Gasteiger charge is 2.38. The zero-order valence-electron chi connectivity index (χ0n) is 19.7. The largest absolute Gasteiger partial charge is 0.473 e. The molecule has 3 aromatic carbocycles. The van der Waals surface area contributed by atoms with Gasteiger partial charge in [0.2, 0.25) is 0 Å². The van der Waals surface area contributed by atoms with E-state index >= 15 is 0 Å². The summed E-state index contributed by atoms with van der Waals surface area (Å²) in [6.07, 6.45) is 1.02. The van der Waals surface area contributed by atoms with Gasteiger partial charge in [-0.25, -0.2) is 9.59 Å². The number of carboxylic acid groups (broad SMARTS) is 2. The first kappa shape index (κ1) is 26.8. The lowest BCUT2D eigenvalue weighted by Crippen LogP contribution is -2.42. The Labute approximate surface area is 201 Å². The highest BCUT2D eigenvalue weighted by atomic mass is 16.4. The van der Waals surface area contributed by atoms with Crippen molar-refractivity contribution < 1.29 is 24.9 Å². The summed E-state index contributed by atoms with van der Waals surface area (Å²) in [5.41, 5.74) is 2.25. The molecule has 0 saturated heterocycles. The Morgan fingerprint density at radius 3 is 1.59 bits per heavy atom. The molecule has 34 heavy (non-hydrogen) atoms. The average molecular weight is 464 g/mol. The molecule has 180 valence electrons. The molecule has 6 nitrogen and oxygen atoms in total. The number of benzene rings is 3. The number of likely N-dealkylation sites (N-methyl/N-ethyl adjacent to an activating group) is 1. The minimum Gasteiger partial charge on any atom is -0.473 e. The van der Waals surface area contributed by atoms with Gasteiger partial charge in [-0.2, -0.15) is 0 Å². The minimum absolute atomic E-state index is 0.0491. The van der Waals surface area contributed by atoms with Gasteiger partial charge in [-0.15, -0.1) is 0 Å². The van der Waals surface area contributed by atoms with Gasteiger partial charge >= 0.3 is 11.9 Å². The number of rotatable bonds is 9. The van der Waals surface area contributed by atoms with E-state index in [0.29, 0.717) is 0 Å². The van der Waals surface area contributed by atoms with Crippen LogP contribution in [0.25, 0.3) is 0 Å². The van der Waals surface area contributed by atoms with Gasteiger partial charge in [-0.05, 0) is 29.7 Å². The lowest BCUT2D eigenvalue weighted by atomic mass is 9.76. The van der Waals surface area contributed by atoms with E-state index in [1.165, 1.54) is 5.56 Å². The van der Waals surface area contributed by atoms with Gasteiger partial charge < -0.3 is 20.2 Å². The van der Waals surface area contributed by atoms with E-state index in [9.17, 15) is 5.11 Å². The molecular formula is C28H33NO5. The second-order valence-electron chi connectivity index (χ2n) is 8.14. The van der Waals surface area contributed by atoms with Crippen LogP contribution in [0.3, 0.4) is 0 Å². The fourth-order valence-corrected chi connectivity index (χ4v) is 3.95. The quantitative estimate of drug-likeness (QED) is 0.410. The number of hydrogen-bond acceptors (Lipinski definition) is 4. The van der Waals surface area contributed by atoms with Gasteiger partial charge in [0.05, 0.1) is 0 Å². The number of nitrogens with zero attached hydrogens (tertiary/aromatic N) is 1. The molecule has 0 saturated carbocycles. The Bertz CT molecular complexity index is 957. The van der Waals surface area contributed by atoms with E-state index in [1.807, 2.05) is 60.7 Å². The Hall–Kier alpha value is -3.48. The monoisotopic (exact) mass is 463 g/mol. The highest BCUT2D eigenvalue weighted by Crippen LogP contribution is 2.37. The summed E-state index contributed by atoms with van der Waals surface area (Å²) in [5, 5.41) is 26.7. The van der Waals surface area contributed by atoms with Crippen molar-refractivity contribution in [2.45, 2.75) is 25.9 Å². The molecule has 3 rings (SSSR count). The van der Waals surface area contributed by atoms with Gasteiger partial charge in [0, 0.05) is 19.0 Å². The van der Waals surface area contributed by atoms with Gasteiger partial charge in [0.1, 0.15) is 5.60 Å². The molecule has 0 aliphatic carbocycles. The molecule has 0 amide bonds. The maximum absolute atomic E-state index is 11.9. The summed E-state index contributed by atoms with van der Waals surface area (Å²) in [5.74, 6) is -3.60. The molecule has 0 radical (unpaired) electrons. The van der Waals surface area contributed by atoms with Crippen molar-refractivity contribution >= 4 is 11.9 Å². The maximum atomic E-state index is 11.9. The van der Waals surface area contributed by atoms with Gasteiger partial charge in [0.25, 0.3) is 0 Å². The number of carboxylic acids is 2. The van der Waals surface area contributed by atoms with Crippen molar-refractivity contribution in [3.63, 3.8) is 0 Å². The Morgan fingerprint density at radius 2 is 1.21 bits per heavy atom. The van der Waals surface area contributed by atoms with Crippen molar-refractivity contribution in [1.29, 1.82) is 0 Å². The molecule has 1 unspecified atom stereocenters. The van der Waals surface area contributed by atoms with Crippen molar-refractivity contribution in [2.24, 2.45) is 5.92 Å². The van der Waals surface area contributed by atoms with Crippen LogP contribution in [-0.2, 0) is 21.6 Å². The van der Waals surface area contributed by atoms with E-state index in [0.717, 1.165) is 37.2 Å². The molecule has 3 aromatic rings. The first-order valence-corrected chi connectivity index (χ1v) is 11.3. The topological polar surface area (TPSA) is 98.1 Å². The fourth-order valence-electron chi connectivity index (χ4n) is 3.95. The Balaban J connectivity index is 0.000000604. The molecular weight excluding hydrogens is 430 g/mol. The summed E-state index contributed by atoms with van der Waals surface area (Å²) >= 11 is 0. The van der Waals surface area contributed by atoms with Crippen LogP contribution < -0.4 is 0 Å². The van der Waals surface area contributed by atoms with Crippen LogP contribution in [0.4, 0.5) is 0 Å². The standard InChI is InChI=1S/C26H31NO.C2H2O4/c1-3-27(20-19-23-13-7-4-8-14-23)21-22(2)26(28,24-15-9-5-10-16-24)25-17-11-6-12-18-25;3-1(4)2(5)6/h4-18,22,28H,3,19-21H2,1-2H3;(H,3,4)(H,5,6). The fraction of sp³-hybridized carbons (Fsp3) is 0.286. The highest BCUT2D eigenvalue weighted by molar-refractivity contribution is 6.27. The molecule has 0 aliphatic heterocycles. The molecule has 1 atom stereocenters. The maximum Gasteiger partial charge on any atom is 0.414 e. The van der Waals surface area contributed by atoms with Gasteiger partial charge in [-0.1, -0.05) is 105 Å². The first-order valence-electron chi connectivity index (χ1n) is 11.3. The first-order chi connectivity index (χ1) is 16.3. The van der Waals surface area contributed by atoms with E-state index in [1.54, 1.807) is 0 Å². The summed E-state index contributed by atoms with van der Waals surface area (Å²) in [7, 11) is 0. The van der Waals surface area contributed by atoms with E-state index in [-0.39, 0.29) is 5.92 Å².